The highest BCUT2D eigenvalue weighted by molar-refractivity contribution is 6.77. The van der Waals surface area contributed by atoms with Crippen molar-refractivity contribution in [3.8, 4) is 0 Å². The zero-order valence-electron chi connectivity index (χ0n) is 23.5. The fraction of sp³-hybridized carbons (Fsp3) is 1.00. The van der Waals surface area contributed by atoms with Gasteiger partial charge in [0.05, 0.1) is 25.4 Å². The van der Waals surface area contributed by atoms with Crippen molar-refractivity contribution >= 4 is 8.32 Å². The Balaban J connectivity index is 0.000000404. The van der Waals surface area contributed by atoms with E-state index in [4.69, 9.17) is 28.5 Å². The molecule has 9 heteroatoms. The average Bonchev–Trinajstić information content (AvgIpc) is 3.17. The van der Waals surface area contributed by atoms with Crippen molar-refractivity contribution in [3.05, 3.63) is 0 Å². The zero-order chi connectivity index (χ0) is 26.6. The van der Waals surface area contributed by atoms with E-state index in [1.807, 2.05) is 13.8 Å². The fourth-order valence-electron chi connectivity index (χ4n) is 5.54. The third-order valence-electron chi connectivity index (χ3n) is 6.78. The Hall–Kier alpha value is -0.103. The van der Waals surface area contributed by atoms with Crippen molar-refractivity contribution in [1.82, 2.24) is 0 Å². The second-order valence-electron chi connectivity index (χ2n) is 11.6. The van der Waals surface area contributed by atoms with E-state index in [1.165, 1.54) is 0 Å². The second kappa shape index (κ2) is 12.4. The van der Waals surface area contributed by atoms with Gasteiger partial charge in [0, 0.05) is 0 Å². The molecule has 2 heterocycles. The summed E-state index contributed by atoms with van der Waals surface area (Å²) < 4.78 is 29.1. The molecular formula is C25H52O8Si. The van der Waals surface area contributed by atoms with E-state index in [0.717, 1.165) is 0 Å². The predicted octanol–water partition coefficient (Wildman–Crippen LogP) is 3.96. The van der Waals surface area contributed by atoms with Gasteiger partial charge in [0.1, 0.15) is 24.4 Å². The minimum atomic E-state index is -1.92. The number of hydrogen-bond acceptors (Lipinski definition) is 8. The molecule has 0 aromatic heterocycles. The molecule has 0 aliphatic carbocycles. The van der Waals surface area contributed by atoms with Crippen molar-refractivity contribution in [2.45, 2.75) is 148 Å². The van der Waals surface area contributed by atoms with E-state index in [9.17, 15) is 10.2 Å². The first-order valence-electron chi connectivity index (χ1n) is 12.7. The summed E-state index contributed by atoms with van der Waals surface area (Å²) in [5, 5.41) is 28.1. The Labute approximate surface area is 208 Å². The molecule has 0 amide bonds. The van der Waals surface area contributed by atoms with Crippen LogP contribution in [0.2, 0.25) is 16.6 Å². The van der Waals surface area contributed by atoms with Gasteiger partial charge in [-0.15, -0.1) is 0 Å². The molecule has 2 aliphatic heterocycles. The minimum Gasteiger partial charge on any atom is -0.413 e. The van der Waals surface area contributed by atoms with Gasteiger partial charge in [-0.3, -0.25) is 0 Å². The van der Waals surface area contributed by atoms with Crippen LogP contribution in [0.4, 0.5) is 0 Å². The molecule has 0 radical (unpaired) electrons. The molecule has 0 bridgehead atoms. The largest absolute Gasteiger partial charge is 0.413 e. The summed E-state index contributed by atoms with van der Waals surface area (Å²) in [5.74, 6) is -1.36. The predicted molar refractivity (Wildman–Crippen MR) is 135 cm³/mol. The van der Waals surface area contributed by atoms with Gasteiger partial charge < -0.3 is 38.7 Å². The van der Waals surface area contributed by atoms with Gasteiger partial charge in [-0.1, -0.05) is 41.5 Å². The van der Waals surface area contributed by atoms with Gasteiger partial charge in [-0.2, -0.15) is 0 Å². The lowest BCUT2D eigenvalue weighted by atomic mass is 10.1. The van der Waals surface area contributed by atoms with Crippen molar-refractivity contribution in [1.29, 1.82) is 0 Å². The van der Waals surface area contributed by atoms with Crippen LogP contribution in [0.5, 0.6) is 0 Å². The summed E-state index contributed by atoms with van der Waals surface area (Å²) in [7, 11) is -1.92. The molecule has 0 spiro atoms. The van der Waals surface area contributed by atoms with Crippen LogP contribution in [0.1, 0.15) is 83.1 Å². The van der Waals surface area contributed by atoms with Crippen molar-refractivity contribution in [3.63, 3.8) is 0 Å². The van der Waals surface area contributed by atoms with Crippen LogP contribution >= 0.6 is 0 Å². The number of hydrogen-bond donors (Lipinski definition) is 3. The maximum atomic E-state index is 9.96. The van der Waals surface area contributed by atoms with Gasteiger partial charge >= 0.3 is 0 Å². The molecule has 2 rings (SSSR count). The monoisotopic (exact) mass is 508 g/mol. The molecule has 204 valence electrons. The maximum Gasteiger partial charge on any atom is 0.200 e. The Morgan fingerprint density at radius 3 is 1.32 bits per heavy atom. The molecule has 0 unspecified atom stereocenters. The van der Waals surface area contributed by atoms with Gasteiger partial charge in [-0.25, -0.2) is 0 Å². The lowest BCUT2D eigenvalue weighted by Crippen LogP contribution is -2.50. The zero-order valence-corrected chi connectivity index (χ0v) is 24.5. The van der Waals surface area contributed by atoms with E-state index in [-0.39, 0.29) is 18.8 Å². The summed E-state index contributed by atoms with van der Waals surface area (Å²) >= 11 is 0. The van der Waals surface area contributed by atoms with Crippen LogP contribution < -0.4 is 0 Å². The molecule has 2 aliphatic rings. The van der Waals surface area contributed by atoms with Gasteiger partial charge in [-0.05, 0) is 58.2 Å². The summed E-state index contributed by atoms with van der Waals surface area (Å²) in [6.07, 6.45) is -2.57. The number of ether oxygens (including phenoxy) is 4. The topological polar surface area (TPSA) is 107 Å². The Morgan fingerprint density at radius 2 is 1.03 bits per heavy atom. The van der Waals surface area contributed by atoms with Crippen molar-refractivity contribution in [2.24, 2.45) is 0 Å². The Morgan fingerprint density at radius 1 is 0.676 bits per heavy atom. The van der Waals surface area contributed by atoms with E-state index >= 15 is 0 Å². The molecular weight excluding hydrogens is 456 g/mol. The molecule has 0 aromatic rings. The average molecular weight is 509 g/mol. The first-order chi connectivity index (χ1) is 15.4. The highest BCUT2D eigenvalue weighted by Crippen LogP contribution is 2.43. The summed E-state index contributed by atoms with van der Waals surface area (Å²) in [4.78, 5) is 0. The molecule has 0 aromatic carbocycles. The molecule has 8 nitrogen and oxygen atoms in total. The number of aliphatic hydroxyl groups is 3. The van der Waals surface area contributed by atoms with Crippen LogP contribution in [0.3, 0.4) is 0 Å². The first kappa shape index (κ1) is 31.9. The highest BCUT2D eigenvalue weighted by atomic mass is 28.4. The Kier molecular flexibility index (Phi) is 11.7. The van der Waals surface area contributed by atoms with Crippen molar-refractivity contribution in [2.75, 3.05) is 13.2 Å². The summed E-state index contributed by atoms with van der Waals surface area (Å²) in [6, 6.07) is 0. The maximum absolute atomic E-state index is 9.96. The van der Waals surface area contributed by atoms with E-state index < -0.39 is 44.3 Å². The fourth-order valence-corrected chi connectivity index (χ4v) is 11.0. The molecule has 3 N–H and O–H groups in total. The van der Waals surface area contributed by atoms with Crippen LogP contribution in [-0.4, -0.2) is 85.0 Å². The molecule has 2 saturated heterocycles. The minimum absolute atomic E-state index is 0.126. The van der Waals surface area contributed by atoms with Crippen LogP contribution in [0.15, 0.2) is 0 Å². The SMILES string of the molecule is CC(C)[Si](OC[C@@H]1OC(C)(C)O[C@@H]1[C@@H](C)O)(C(C)C)C(C)C.C[C@@H](O)[C@H]1OC(C)(C)O[C@H]1CO. The summed E-state index contributed by atoms with van der Waals surface area (Å²) in [5.41, 5.74) is 1.61. The third kappa shape index (κ3) is 7.95. The van der Waals surface area contributed by atoms with E-state index in [2.05, 4.69) is 41.5 Å². The van der Waals surface area contributed by atoms with Crippen molar-refractivity contribution < 1.29 is 38.7 Å². The first-order valence-corrected chi connectivity index (χ1v) is 14.9. The third-order valence-corrected chi connectivity index (χ3v) is 12.9. The molecule has 0 saturated carbocycles. The normalized spacial score (nSPS) is 30.5. The highest BCUT2D eigenvalue weighted by Gasteiger charge is 2.49. The van der Waals surface area contributed by atoms with Gasteiger partial charge in [0.2, 0.25) is 0 Å². The lowest BCUT2D eigenvalue weighted by molar-refractivity contribution is -0.156. The number of rotatable bonds is 9. The van der Waals surface area contributed by atoms with E-state index in [1.54, 1.807) is 27.7 Å². The quantitative estimate of drug-likeness (QED) is 0.402. The standard InChI is InChI=1S/C17H36O4Si.C8H16O4/c1-11(2)22(12(3)4,13(5)6)19-10-15-16(14(7)18)21-17(8,9)20-15;1-5(10)7-6(4-9)11-8(2,3)12-7/h11-16,18H,10H2,1-9H3;5-7,9-10H,4H2,1-3H3/t14-,15+,16-;5-,6+,7-/m11/s1. The molecule has 2 fully saturated rings. The lowest BCUT2D eigenvalue weighted by Gasteiger charge is -2.43. The molecule has 6 atom stereocenters. The van der Waals surface area contributed by atoms with Crippen LogP contribution in [0.25, 0.3) is 0 Å². The van der Waals surface area contributed by atoms with Crippen LogP contribution in [0, 0.1) is 0 Å². The second-order valence-corrected chi connectivity index (χ2v) is 17.0. The molecule has 34 heavy (non-hydrogen) atoms. The Bertz CT molecular complexity index is 584. The summed E-state index contributed by atoms with van der Waals surface area (Å²) in [6.45, 7) is 24.7. The smallest absolute Gasteiger partial charge is 0.200 e. The van der Waals surface area contributed by atoms with Gasteiger partial charge in [0.25, 0.3) is 0 Å². The van der Waals surface area contributed by atoms with Gasteiger partial charge in [0.15, 0.2) is 19.9 Å². The van der Waals surface area contributed by atoms with Crippen LogP contribution in [-0.2, 0) is 23.4 Å². The van der Waals surface area contributed by atoms with E-state index in [0.29, 0.717) is 23.2 Å². The number of aliphatic hydroxyl groups excluding tert-OH is 3.